The number of aliphatic carboxylic acids is 1. The first-order valence-corrected chi connectivity index (χ1v) is 4.95. The molecule has 76 valence electrons. The molecule has 2 rings (SSSR count). The molecule has 1 fully saturated rings. The van der Waals surface area contributed by atoms with E-state index in [0.717, 1.165) is 24.0 Å². The molecule has 1 saturated carbocycles. The summed E-state index contributed by atoms with van der Waals surface area (Å²) in [4.78, 5) is 11.0. The van der Waals surface area contributed by atoms with Crippen LogP contribution >= 0.6 is 0 Å². The Morgan fingerprint density at radius 3 is 2.80 bits per heavy atom. The monoisotopic (exact) mass is 200 g/mol. The highest BCUT2D eigenvalue weighted by Crippen LogP contribution is 2.48. The van der Waals surface area contributed by atoms with Crippen LogP contribution in [0.25, 0.3) is 0 Å². The van der Waals surface area contributed by atoms with Crippen LogP contribution in [0.2, 0.25) is 0 Å². The van der Waals surface area contributed by atoms with Gasteiger partial charge in [-0.25, -0.2) is 0 Å². The van der Waals surface area contributed by atoms with Crippen molar-refractivity contribution in [2.75, 3.05) is 0 Å². The molecule has 0 aliphatic heterocycles. The van der Waals surface area contributed by atoms with E-state index in [0.29, 0.717) is 6.42 Å². The Morgan fingerprint density at radius 1 is 1.53 bits per heavy atom. The van der Waals surface area contributed by atoms with E-state index < -0.39 is 11.4 Å². The minimum absolute atomic E-state index is 0.507. The topological polar surface area (TPSA) is 37.3 Å². The fourth-order valence-corrected chi connectivity index (χ4v) is 1.78. The zero-order valence-corrected chi connectivity index (χ0v) is 8.36. The zero-order valence-electron chi connectivity index (χ0n) is 8.36. The lowest BCUT2D eigenvalue weighted by molar-refractivity contribution is -0.143. The minimum Gasteiger partial charge on any atom is -0.481 e. The molecule has 1 aliphatic rings. The predicted octanol–water partition coefficient (Wildman–Crippen LogP) is 2.08. The fourth-order valence-electron chi connectivity index (χ4n) is 1.78. The normalized spacial score (nSPS) is 16.7. The third-order valence-corrected chi connectivity index (χ3v) is 2.94. The van der Waals surface area contributed by atoms with Crippen LogP contribution in [0, 0.1) is 17.8 Å². The molecule has 0 radical (unpaired) electrons. The average molecular weight is 200 g/mol. The molecule has 0 amide bonds. The van der Waals surface area contributed by atoms with Gasteiger partial charge in [0.05, 0.1) is 5.41 Å². The number of carbonyl (C=O) groups is 1. The minimum atomic E-state index is -0.686. The highest BCUT2D eigenvalue weighted by Gasteiger charge is 2.49. The van der Waals surface area contributed by atoms with Crippen LogP contribution in [0.5, 0.6) is 0 Å². The van der Waals surface area contributed by atoms with Gasteiger partial charge in [-0.05, 0) is 37.0 Å². The van der Waals surface area contributed by atoms with E-state index in [1.807, 2.05) is 24.3 Å². The molecule has 0 heterocycles. The first-order valence-electron chi connectivity index (χ1n) is 4.95. The van der Waals surface area contributed by atoms with E-state index in [-0.39, 0.29) is 0 Å². The van der Waals surface area contributed by atoms with Crippen molar-refractivity contribution in [1.29, 1.82) is 0 Å². The van der Waals surface area contributed by atoms with Gasteiger partial charge in [0, 0.05) is 5.56 Å². The second-order valence-electron chi connectivity index (χ2n) is 4.11. The number of carboxylic acids is 1. The number of hydrogen-bond donors (Lipinski definition) is 1. The predicted molar refractivity (Wildman–Crippen MR) is 57.4 cm³/mol. The smallest absolute Gasteiger partial charge is 0.309 e. The molecule has 0 unspecified atom stereocenters. The molecule has 1 N–H and O–H groups in total. The third-order valence-electron chi connectivity index (χ3n) is 2.94. The molecule has 0 saturated heterocycles. The standard InChI is InChI=1S/C13H12O2/c1-2-10-4-3-5-11(8-10)9-13(6-7-13)12(14)15/h1,3-5,8H,6-7,9H2,(H,14,15). The summed E-state index contributed by atoms with van der Waals surface area (Å²) in [6, 6.07) is 7.55. The molecular formula is C13H12O2. The molecule has 0 spiro atoms. The Labute approximate surface area is 88.9 Å². The number of rotatable bonds is 3. The van der Waals surface area contributed by atoms with Gasteiger partial charge in [-0.3, -0.25) is 4.79 Å². The average Bonchev–Trinajstić information content (AvgIpc) is 2.99. The molecular weight excluding hydrogens is 188 g/mol. The lowest BCUT2D eigenvalue weighted by Crippen LogP contribution is -2.17. The van der Waals surface area contributed by atoms with Crippen LogP contribution in [0.4, 0.5) is 0 Å². The molecule has 2 nitrogen and oxygen atoms in total. The summed E-state index contributed by atoms with van der Waals surface area (Å²) in [7, 11) is 0. The van der Waals surface area contributed by atoms with Crippen LogP contribution in [0.1, 0.15) is 24.0 Å². The molecule has 15 heavy (non-hydrogen) atoms. The maximum Gasteiger partial charge on any atom is 0.309 e. The molecule has 1 aliphatic carbocycles. The number of benzene rings is 1. The van der Waals surface area contributed by atoms with E-state index >= 15 is 0 Å². The molecule has 0 atom stereocenters. The number of carboxylic acid groups (broad SMARTS) is 1. The second-order valence-corrected chi connectivity index (χ2v) is 4.11. The summed E-state index contributed by atoms with van der Waals surface area (Å²) in [6.07, 6.45) is 7.45. The maximum atomic E-state index is 11.0. The van der Waals surface area contributed by atoms with E-state index in [2.05, 4.69) is 5.92 Å². The van der Waals surface area contributed by atoms with Crippen molar-refractivity contribution in [3.63, 3.8) is 0 Å². The molecule has 1 aromatic rings. The van der Waals surface area contributed by atoms with Gasteiger partial charge in [0.1, 0.15) is 0 Å². The van der Waals surface area contributed by atoms with Crippen molar-refractivity contribution in [3.05, 3.63) is 35.4 Å². The molecule has 1 aromatic carbocycles. The first-order chi connectivity index (χ1) is 7.16. The first kappa shape index (κ1) is 9.79. The SMILES string of the molecule is C#Cc1cccc(CC2(C(=O)O)CC2)c1. The van der Waals surface area contributed by atoms with Gasteiger partial charge in [-0.2, -0.15) is 0 Å². The Morgan fingerprint density at radius 2 is 2.27 bits per heavy atom. The Hall–Kier alpha value is -1.75. The van der Waals surface area contributed by atoms with Crippen molar-refractivity contribution in [3.8, 4) is 12.3 Å². The van der Waals surface area contributed by atoms with E-state index in [1.54, 1.807) is 0 Å². The Balaban J connectivity index is 2.18. The zero-order chi connectivity index (χ0) is 10.9. The summed E-state index contributed by atoms with van der Waals surface area (Å²) in [5.74, 6) is 1.87. The quantitative estimate of drug-likeness (QED) is 0.758. The van der Waals surface area contributed by atoms with Gasteiger partial charge in [-0.1, -0.05) is 18.1 Å². The number of terminal acetylenes is 1. The third kappa shape index (κ3) is 1.87. The van der Waals surface area contributed by atoms with Crippen LogP contribution in [0.3, 0.4) is 0 Å². The lowest BCUT2D eigenvalue weighted by atomic mass is 9.96. The molecule has 2 heteroatoms. The van der Waals surface area contributed by atoms with Gasteiger partial charge in [0.15, 0.2) is 0 Å². The highest BCUT2D eigenvalue weighted by atomic mass is 16.4. The van der Waals surface area contributed by atoms with Crippen LogP contribution < -0.4 is 0 Å². The summed E-state index contributed by atoms with van der Waals surface area (Å²) < 4.78 is 0. The van der Waals surface area contributed by atoms with Gasteiger partial charge in [-0.15, -0.1) is 6.42 Å². The van der Waals surface area contributed by atoms with Crippen molar-refractivity contribution in [2.45, 2.75) is 19.3 Å². The van der Waals surface area contributed by atoms with Crippen molar-refractivity contribution in [2.24, 2.45) is 5.41 Å². The largest absolute Gasteiger partial charge is 0.481 e. The fraction of sp³-hybridized carbons (Fsp3) is 0.308. The summed E-state index contributed by atoms with van der Waals surface area (Å²) in [5, 5.41) is 9.05. The number of hydrogen-bond acceptors (Lipinski definition) is 1. The van der Waals surface area contributed by atoms with Crippen LogP contribution in [-0.2, 0) is 11.2 Å². The Kier molecular flexibility index (Phi) is 2.24. The van der Waals surface area contributed by atoms with Gasteiger partial charge in [0.2, 0.25) is 0 Å². The van der Waals surface area contributed by atoms with Crippen molar-refractivity contribution >= 4 is 5.97 Å². The van der Waals surface area contributed by atoms with E-state index in [1.165, 1.54) is 0 Å². The van der Waals surface area contributed by atoms with Crippen molar-refractivity contribution in [1.82, 2.24) is 0 Å². The molecule has 0 bridgehead atoms. The summed E-state index contributed by atoms with van der Waals surface area (Å²) in [5.41, 5.74) is 1.33. The van der Waals surface area contributed by atoms with Gasteiger partial charge >= 0.3 is 5.97 Å². The summed E-state index contributed by atoms with van der Waals surface area (Å²) in [6.45, 7) is 0. The van der Waals surface area contributed by atoms with Gasteiger partial charge < -0.3 is 5.11 Å². The maximum absolute atomic E-state index is 11.0. The van der Waals surface area contributed by atoms with E-state index in [9.17, 15) is 4.79 Å². The lowest BCUT2D eigenvalue weighted by Gasteiger charge is -2.09. The van der Waals surface area contributed by atoms with Crippen LogP contribution in [0.15, 0.2) is 24.3 Å². The van der Waals surface area contributed by atoms with Crippen molar-refractivity contribution < 1.29 is 9.90 Å². The van der Waals surface area contributed by atoms with Gasteiger partial charge in [0.25, 0.3) is 0 Å². The molecule has 0 aromatic heterocycles. The second kappa shape index (κ2) is 3.43. The summed E-state index contributed by atoms with van der Waals surface area (Å²) >= 11 is 0. The van der Waals surface area contributed by atoms with E-state index in [4.69, 9.17) is 11.5 Å². The highest BCUT2D eigenvalue weighted by molar-refractivity contribution is 5.78. The Bertz CT molecular complexity index is 436. The van der Waals surface area contributed by atoms with Crippen LogP contribution in [-0.4, -0.2) is 11.1 Å².